The van der Waals surface area contributed by atoms with Crippen molar-refractivity contribution >= 4 is 0 Å². The Kier molecular flexibility index (Phi) is 2.00. The molecular weight excluding hydrogens is 178 g/mol. The molecule has 3 heteroatoms. The van der Waals surface area contributed by atoms with Gasteiger partial charge in [-0.05, 0) is 38.1 Å². The summed E-state index contributed by atoms with van der Waals surface area (Å²) >= 11 is 0. The van der Waals surface area contributed by atoms with Gasteiger partial charge in [-0.2, -0.15) is 0 Å². The fraction of sp³-hybridized carbons (Fsp3) is 0.182. The Bertz CT molecular complexity index is 443. The van der Waals surface area contributed by atoms with Crippen molar-refractivity contribution in [2.45, 2.75) is 13.8 Å². The van der Waals surface area contributed by atoms with Crippen LogP contribution in [0.3, 0.4) is 0 Å². The number of hydrogen-bond donors (Lipinski definition) is 1. The van der Waals surface area contributed by atoms with E-state index in [0.717, 1.165) is 22.6 Å². The molecule has 1 aromatic carbocycles. The van der Waals surface area contributed by atoms with Crippen LogP contribution in [-0.4, -0.2) is 10.3 Å². The van der Waals surface area contributed by atoms with Crippen LogP contribution in [0, 0.1) is 13.8 Å². The van der Waals surface area contributed by atoms with E-state index in [0.29, 0.717) is 0 Å². The van der Waals surface area contributed by atoms with Crippen LogP contribution in [0.15, 0.2) is 28.8 Å². The molecule has 0 unspecified atom stereocenters. The second kappa shape index (κ2) is 3.18. The maximum absolute atomic E-state index is 9.13. The smallest absolute Gasteiger partial charge is 0.170 e. The summed E-state index contributed by atoms with van der Waals surface area (Å²) in [6.45, 7) is 3.87. The summed E-state index contributed by atoms with van der Waals surface area (Å²) in [6, 6.07) is 6.88. The van der Waals surface area contributed by atoms with Crippen LogP contribution >= 0.6 is 0 Å². The summed E-state index contributed by atoms with van der Waals surface area (Å²) in [4.78, 5) is 0. The van der Waals surface area contributed by atoms with Crippen molar-refractivity contribution in [3.63, 3.8) is 0 Å². The minimum Gasteiger partial charge on any atom is -0.508 e. The van der Waals surface area contributed by atoms with E-state index in [2.05, 4.69) is 5.16 Å². The third kappa shape index (κ3) is 1.37. The number of aromatic hydroxyl groups is 1. The lowest BCUT2D eigenvalue weighted by Crippen LogP contribution is -1.78. The lowest BCUT2D eigenvalue weighted by atomic mass is 10.1. The first-order valence-corrected chi connectivity index (χ1v) is 4.41. The Morgan fingerprint density at radius 3 is 2.29 bits per heavy atom. The van der Waals surface area contributed by atoms with E-state index in [1.165, 1.54) is 0 Å². The highest BCUT2D eigenvalue weighted by molar-refractivity contribution is 5.62. The van der Waals surface area contributed by atoms with Crippen LogP contribution in [0.4, 0.5) is 0 Å². The first-order valence-electron chi connectivity index (χ1n) is 4.41. The van der Waals surface area contributed by atoms with Crippen LogP contribution in [0.2, 0.25) is 0 Å². The number of rotatable bonds is 1. The molecule has 3 nitrogen and oxygen atoms in total. The van der Waals surface area contributed by atoms with Gasteiger partial charge in [0.15, 0.2) is 5.76 Å². The molecule has 0 spiro atoms. The summed E-state index contributed by atoms with van der Waals surface area (Å²) < 4.78 is 5.19. The molecule has 1 N–H and O–H groups in total. The average Bonchev–Trinajstić information content (AvgIpc) is 2.50. The lowest BCUT2D eigenvalue weighted by Gasteiger charge is -1.97. The summed E-state index contributed by atoms with van der Waals surface area (Å²) in [5.41, 5.74) is 2.87. The Morgan fingerprint density at radius 2 is 1.79 bits per heavy atom. The Labute approximate surface area is 82.0 Å². The van der Waals surface area contributed by atoms with Gasteiger partial charge in [-0.1, -0.05) is 5.16 Å². The quantitative estimate of drug-likeness (QED) is 0.750. The molecule has 14 heavy (non-hydrogen) atoms. The molecule has 2 rings (SSSR count). The van der Waals surface area contributed by atoms with Crippen LogP contribution in [0.5, 0.6) is 5.75 Å². The van der Waals surface area contributed by atoms with Gasteiger partial charge in [0, 0.05) is 11.1 Å². The van der Waals surface area contributed by atoms with Gasteiger partial charge in [0.05, 0.1) is 5.69 Å². The maximum Gasteiger partial charge on any atom is 0.170 e. The van der Waals surface area contributed by atoms with Gasteiger partial charge in [-0.25, -0.2) is 0 Å². The number of aromatic nitrogens is 1. The van der Waals surface area contributed by atoms with Crippen LogP contribution in [-0.2, 0) is 0 Å². The predicted octanol–water partition coefficient (Wildman–Crippen LogP) is 2.66. The molecule has 1 aromatic heterocycles. The zero-order valence-corrected chi connectivity index (χ0v) is 8.11. The van der Waals surface area contributed by atoms with E-state index in [-0.39, 0.29) is 5.75 Å². The fourth-order valence-corrected chi connectivity index (χ4v) is 1.30. The number of aryl methyl sites for hydroxylation is 1. The van der Waals surface area contributed by atoms with Crippen molar-refractivity contribution in [2.24, 2.45) is 0 Å². The second-order valence-corrected chi connectivity index (χ2v) is 3.27. The van der Waals surface area contributed by atoms with Crippen molar-refractivity contribution < 1.29 is 9.63 Å². The van der Waals surface area contributed by atoms with E-state index >= 15 is 0 Å². The molecule has 0 aliphatic carbocycles. The Morgan fingerprint density at radius 1 is 1.14 bits per heavy atom. The molecule has 72 valence electrons. The van der Waals surface area contributed by atoms with Gasteiger partial charge in [-0.3, -0.25) is 0 Å². The summed E-state index contributed by atoms with van der Waals surface area (Å²) in [5, 5.41) is 13.0. The van der Waals surface area contributed by atoms with Crippen LogP contribution in [0.1, 0.15) is 11.3 Å². The number of hydrogen-bond acceptors (Lipinski definition) is 3. The van der Waals surface area contributed by atoms with Gasteiger partial charge in [0.2, 0.25) is 0 Å². The molecule has 0 atom stereocenters. The van der Waals surface area contributed by atoms with Gasteiger partial charge >= 0.3 is 0 Å². The van der Waals surface area contributed by atoms with Crippen molar-refractivity contribution in [1.29, 1.82) is 0 Å². The zero-order valence-electron chi connectivity index (χ0n) is 8.11. The maximum atomic E-state index is 9.13. The van der Waals surface area contributed by atoms with E-state index in [9.17, 15) is 0 Å². The van der Waals surface area contributed by atoms with Crippen molar-refractivity contribution in [3.05, 3.63) is 35.5 Å². The van der Waals surface area contributed by atoms with E-state index < -0.39 is 0 Å². The molecule has 0 saturated heterocycles. The highest BCUT2D eigenvalue weighted by Gasteiger charge is 2.09. The highest BCUT2D eigenvalue weighted by Crippen LogP contribution is 2.26. The largest absolute Gasteiger partial charge is 0.508 e. The van der Waals surface area contributed by atoms with Gasteiger partial charge in [-0.15, -0.1) is 0 Å². The van der Waals surface area contributed by atoms with Crippen molar-refractivity contribution in [2.75, 3.05) is 0 Å². The standard InChI is InChI=1S/C11H11NO2/c1-7-8(2)12-14-11(7)9-3-5-10(13)6-4-9/h3-6,13H,1-2H3. The Balaban J connectivity index is 2.49. The first kappa shape index (κ1) is 8.81. The number of nitrogens with zero attached hydrogens (tertiary/aromatic N) is 1. The number of phenols is 1. The molecule has 0 saturated carbocycles. The highest BCUT2D eigenvalue weighted by atomic mass is 16.5. The normalized spacial score (nSPS) is 10.4. The van der Waals surface area contributed by atoms with E-state index in [1.807, 2.05) is 26.0 Å². The predicted molar refractivity (Wildman–Crippen MR) is 53.1 cm³/mol. The van der Waals surface area contributed by atoms with Crippen molar-refractivity contribution in [1.82, 2.24) is 5.16 Å². The second-order valence-electron chi connectivity index (χ2n) is 3.27. The average molecular weight is 189 g/mol. The van der Waals surface area contributed by atoms with Crippen LogP contribution < -0.4 is 0 Å². The number of benzene rings is 1. The molecular formula is C11H11NO2. The molecule has 2 aromatic rings. The van der Waals surface area contributed by atoms with E-state index in [1.54, 1.807) is 12.1 Å². The molecule has 0 aliphatic rings. The number of phenolic OH excluding ortho intramolecular Hbond substituents is 1. The summed E-state index contributed by atoms with van der Waals surface area (Å²) in [5.74, 6) is 1.02. The van der Waals surface area contributed by atoms with Gasteiger partial charge in [0.1, 0.15) is 5.75 Å². The topological polar surface area (TPSA) is 46.3 Å². The lowest BCUT2D eigenvalue weighted by molar-refractivity contribution is 0.426. The minimum absolute atomic E-state index is 0.252. The summed E-state index contributed by atoms with van der Waals surface area (Å²) in [6.07, 6.45) is 0. The summed E-state index contributed by atoms with van der Waals surface area (Å²) in [7, 11) is 0. The molecule has 0 bridgehead atoms. The molecule has 0 fully saturated rings. The molecule has 0 aliphatic heterocycles. The Hall–Kier alpha value is -1.77. The molecule has 0 amide bonds. The first-order chi connectivity index (χ1) is 6.68. The fourth-order valence-electron chi connectivity index (χ4n) is 1.30. The van der Waals surface area contributed by atoms with Gasteiger partial charge in [0.25, 0.3) is 0 Å². The molecule has 1 heterocycles. The zero-order chi connectivity index (χ0) is 10.1. The third-order valence-corrected chi connectivity index (χ3v) is 2.29. The third-order valence-electron chi connectivity index (χ3n) is 2.29. The monoisotopic (exact) mass is 189 g/mol. The van der Waals surface area contributed by atoms with Gasteiger partial charge < -0.3 is 9.63 Å². The van der Waals surface area contributed by atoms with Crippen molar-refractivity contribution in [3.8, 4) is 17.1 Å². The van der Waals surface area contributed by atoms with Crippen LogP contribution in [0.25, 0.3) is 11.3 Å². The van der Waals surface area contributed by atoms with E-state index in [4.69, 9.17) is 9.63 Å². The minimum atomic E-state index is 0.252. The SMILES string of the molecule is Cc1noc(-c2ccc(O)cc2)c1C. The molecule has 0 radical (unpaired) electrons.